The van der Waals surface area contributed by atoms with Crippen LogP contribution in [-0.2, 0) is 28.5 Å². The van der Waals surface area contributed by atoms with Gasteiger partial charge in [0.15, 0.2) is 0 Å². The van der Waals surface area contributed by atoms with E-state index in [0.717, 1.165) is 4.90 Å². The number of carbonyl (C=O) groups excluding carboxylic acids is 3. The third-order valence-electron chi connectivity index (χ3n) is 14.3. The second kappa shape index (κ2) is 10.8. The molecule has 5 saturated carbocycles. The number of rotatable bonds is 8. The topological polar surface area (TPSA) is 155 Å². The molecule has 8 rings (SSSR count). The molecule has 262 valence electrons. The van der Waals surface area contributed by atoms with E-state index in [0.29, 0.717) is 32.4 Å². The average Bonchev–Trinajstić information content (AvgIpc) is 3.56. The fraction of sp³-hybridized carbons (Fsp3) is 0.750. The summed E-state index contributed by atoms with van der Waals surface area (Å²) in [6.07, 6.45) is -0.287. The van der Waals surface area contributed by atoms with E-state index in [1.165, 1.54) is 0 Å². The third-order valence-corrected chi connectivity index (χ3v) is 14.3. The van der Waals surface area contributed by atoms with Crippen LogP contribution < -0.4 is 4.90 Å². The van der Waals surface area contributed by atoms with E-state index >= 15 is 0 Å². The monoisotopic (exact) mass is 668 g/mol. The third kappa shape index (κ3) is 3.62. The molecule has 7 fully saturated rings. The highest BCUT2D eigenvalue weighted by molar-refractivity contribution is 6.22. The fourth-order valence-corrected chi connectivity index (χ4v) is 12.9. The Morgan fingerprint density at radius 2 is 1.83 bits per heavy atom. The molecular weight excluding hydrogens is 620 g/mol. The number of nitrogens with zero attached hydrogens (tertiary/aromatic N) is 2. The molecule has 5 aliphatic carbocycles. The summed E-state index contributed by atoms with van der Waals surface area (Å²) in [5, 5.41) is 38.0. The number of anilines is 1. The van der Waals surface area contributed by atoms with E-state index in [-0.39, 0.29) is 66.4 Å². The molecule has 0 aromatic heterocycles. The number of para-hydroxylation sites is 1. The van der Waals surface area contributed by atoms with Gasteiger partial charge < -0.3 is 34.3 Å². The summed E-state index contributed by atoms with van der Waals surface area (Å²) < 4.78 is 24.8. The van der Waals surface area contributed by atoms with Crippen molar-refractivity contribution in [3.8, 4) is 0 Å². The van der Waals surface area contributed by atoms with Gasteiger partial charge in [0.1, 0.15) is 11.2 Å². The molecule has 2 heterocycles. The Morgan fingerprint density at radius 1 is 1.08 bits per heavy atom. The minimum Gasteiger partial charge on any atom is -0.461 e. The number of methoxy groups -OCH3 is 3. The van der Waals surface area contributed by atoms with Crippen LogP contribution in [0, 0.1) is 40.4 Å². The number of carbonyl (C=O) groups is 3. The van der Waals surface area contributed by atoms with Crippen LogP contribution in [0.4, 0.5) is 5.69 Å². The average molecular weight is 669 g/mol. The van der Waals surface area contributed by atoms with Gasteiger partial charge >= 0.3 is 5.97 Å². The minimum absolute atomic E-state index is 0.00294. The highest BCUT2D eigenvalue weighted by Crippen LogP contribution is 2.80. The number of hydrogen-bond acceptors (Lipinski definition) is 11. The minimum atomic E-state index is -1.77. The van der Waals surface area contributed by atoms with Gasteiger partial charge in [-0.1, -0.05) is 26.0 Å². The molecular formula is C36H48N2O10. The number of piperidine rings is 1. The van der Waals surface area contributed by atoms with E-state index < -0.39 is 64.2 Å². The predicted octanol–water partition coefficient (Wildman–Crippen LogP) is 1.38. The normalized spacial score (nSPS) is 48.7. The maximum atomic E-state index is 14.0. The molecule has 7 bridgehead atoms. The van der Waals surface area contributed by atoms with Gasteiger partial charge in [0.25, 0.3) is 0 Å². The summed E-state index contributed by atoms with van der Waals surface area (Å²) in [6.45, 7) is 4.81. The van der Waals surface area contributed by atoms with Crippen LogP contribution in [0.1, 0.15) is 56.3 Å². The van der Waals surface area contributed by atoms with Crippen LogP contribution in [-0.4, -0.2) is 121 Å². The van der Waals surface area contributed by atoms with Crippen molar-refractivity contribution in [1.29, 1.82) is 0 Å². The van der Waals surface area contributed by atoms with Crippen molar-refractivity contribution in [2.75, 3.05) is 45.9 Å². The molecule has 12 heteroatoms. The summed E-state index contributed by atoms with van der Waals surface area (Å²) in [4.78, 5) is 43.1. The van der Waals surface area contributed by atoms with Crippen LogP contribution in [0.5, 0.6) is 0 Å². The van der Waals surface area contributed by atoms with Gasteiger partial charge in [-0.25, -0.2) is 9.69 Å². The lowest BCUT2D eigenvalue weighted by Crippen LogP contribution is -2.82. The van der Waals surface area contributed by atoms with Crippen molar-refractivity contribution in [3.63, 3.8) is 0 Å². The Bertz CT molecular complexity index is 1540. The number of esters is 1. The first kappa shape index (κ1) is 32.7. The zero-order valence-electron chi connectivity index (χ0n) is 28.3. The summed E-state index contributed by atoms with van der Waals surface area (Å²) in [6, 6.07) is 6.01. The summed E-state index contributed by atoms with van der Waals surface area (Å²) in [7, 11) is 4.87. The molecule has 14 atom stereocenters. The van der Waals surface area contributed by atoms with Gasteiger partial charge in [0.05, 0.1) is 48.3 Å². The van der Waals surface area contributed by atoms with Gasteiger partial charge in [-0.2, -0.15) is 0 Å². The summed E-state index contributed by atoms with van der Waals surface area (Å²) in [5.74, 6) is -3.18. The molecule has 12 nitrogen and oxygen atoms in total. The number of ether oxygens (including phenoxy) is 4. The molecule has 2 amide bonds. The zero-order chi connectivity index (χ0) is 34.1. The molecule has 1 spiro atoms. The van der Waals surface area contributed by atoms with Crippen molar-refractivity contribution in [2.45, 2.75) is 87.6 Å². The van der Waals surface area contributed by atoms with Crippen LogP contribution in [0.3, 0.4) is 0 Å². The van der Waals surface area contributed by atoms with Gasteiger partial charge in [-0.3, -0.25) is 14.5 Å². The standard InChI is InChI=1S/C36H48N2O10/c1-6-37-16-33(17-48-31(42)19-9-7-8-10-22(19)38-25(39)13-18(2)30(38)41)12-11-24(46-4)35-21-14-20-23(45-3)15-34(43,26(21)27(20)40)36(44,32(35)37)29(47-5)28(33)35/h7-10,18,20-21,23-24,26-29,32,40,43-44H,6,11-17H2,1-5H3/t18-,20-,21-,23-,24-,26+,27-,28+,29-,32?,33-,34+,35?,36?/m0/s1. The SMILES string of the molecule is CCN1C[C@]2(COC(=O)c3ccccc3N3C(=O)C[C@H](C)C3=O)CC[C@H](OC)C34C1C(O)([C@@H](OC)[C@@H]32)[C@@]1(O)C[C@H](OC)[C@@H]2C[C@H]4[C@@H]1[C@H]2O. The Balaban J connectivity index is 1.23. The van der Waals surface area contributed by atoms with Gasteiger partial charge in [-0.15, -0.1) is 0 Å². The van der Waals surface area contributed by atoms with Crippen molar-refractivity contribution >= 4 is 23.5 Å². The van der Waals surface area contributed by atoms with E-state index in [2.05, 4.69) is 4.90 Å². The molecule has 3 N–H and O–H groups in total. The smallest absolute Gasteiger partial charge is 0.340 e. The number of benzene rings is 1. The number of likely N-dealkylation sites (N-methyl/N-ethyl adjacent to an activating group) is 1. The van der Waals surface area contributed by atoms with Crippen molar-refractivity contribution in [3.05, 3.63) is 29.8 Å². The van der Waals surface area contributed by atoms with E-state index in [4.69, 9.17) is 18.9 Å². The molecule has 7 aliphatic rings. The van der Waals surface area contributed by atoms with E-state index in [1.54, 1.807) is 52.5 Å². The molecule has 1 aromatic rings. The number of aliphatic hydroxyl groups excluding tert-OH is 1. The van der Waals surface area contributed by atoms with Crippen LogP contribution in [0.25, 0.3) is 0 Å². The Labute approximate surface area is 280 Å². The summed E-state index contributed by atoms with van der Waals surface area (Å²) in [5.41, 5.74) is -4.53. The number of aliphatic hydroxyl groups is 3. The zero-order valence-corrected chi connectivity index (χ0v) is 28.3. The second-order valence-electron chi connectivity index (χ2n) is 15.7. The molecule has 3 unspecified atom stereocenters. The van der Waals surface area contributed by atoms with Crippen molar-refractivity contribution in [2.24, 2.45) is 40.4 Å². The van der Waals surface area contributed by atoms with Crippen LogP contribution >= 0.6 is 0 Å². The maximum Gasteiger partial charge on any atom is 0.340 e. The van der Waals surface area contributed by atoms with Gasteiger partial charge in [-0.05, 0) is 43.9 Å². The Hall–Kier alpha value is -2.45. The lowest BCUT2D eigenvalue weighted by molar-refractivity contribution is -0.318. The first-order chi connectivity index (χ1) is 22.9. The number of hydrogen-bond donors (Lipinski definition) is 3. The van der Waals surface area contributed by atoms with Gasteiger partial charge in [0.2, 0.25) is 11.8 Å². The molecule has 1 aromatic carbocycles. The highest BCUT2D eigenvalue weighted by Gasteiger charge is 2.91. The van der Waals surface area contributed by atoms with Crippen molar-refractivity contribution in [1.82, 2.24) is 4.90 Å². The fourth-order valence-electron chi connectivity index (χ4n) is 12.9. The quantitative estimate of drug-likeness (QED) is 0.272. The van der Waals surface area contributed by atoms with Crippen LogP contribution in [0.15, 0.2) is 24.3 Å². The van der Waals surface area contributed by atoms with Crippen LogP contribution in [0.2, 0.25) is 0 Å². The lowest BCUT2D eigenvalue weighted by Gasteiger charge is -2.70. The number of amides is 2. The number of imide groups is 1. The Kier molecular flexibility index (Phi) is 7.35. The Morgan fingerprint density at radius 3 is 2.48 bits per heavy atom. The molecule has 2 aliphatic heterocycles. The lowest BCUT2D eigenvalue weighted by atomic mass is 9.42. The number of likely N-dealkylation sites (tertiary alicyclic amines) is 1. The van der Waals surface area contributed by atoms with E-state index in [1.807, 2.05) is 6.92 Å². The summed E-state index contributed by atoms with van der Waals surface area (Å²) >= 11 is 0. The van der Waals surface area contributed by atoms with E-state index in [9.17, 15) is 29.7 Å². The number of fused-ring (bicyclic) bond motifs is 2. The molecule has 2 saturated heterocycles. The largest absolute Gasteiger partial charge is 0.461 e. The molecule has 48 heavy (non-hydrogen) atoms. The molecule has 0 radical (unpaired) electrons. The first-order valence-electron chi connectivity index (χ1n) is 17.5. The van der Waals surface area contributed by atoms with Gasteiger partial charge in [0, 0.05) is 75.2 Å². The maximum absolute atomic E-state index is 14.0. The predicted molar refractivity (Wildman–Crippen MR) is 170 cm³/mol. The second-order valence-corrected chi connectivity index (χ2v) is 15.7. The van der Waals surface area contributed by atoms with Crippen molar-refractivity contribution < 1.29 is 48.7 Å². The highest BCUT2D eigenvalue weighted by atomic mass is 16.5. The first-order valence-corrected chi connectivity index (χ1v) is 17.5.